The molecule has 2 heterocycles. The third-order valence-corrected chi connectivity index (χ3v) is 3.92. The Morgan fingerprint density at radius 3 is 2.82 bits per heavy atom. The van der Waals surface area contributed by atoms with Crippen LogP contribution in [0, 0.1) is 0 Å². The first-order valence-corrected chi connectivity index (χ1v) is 6.88. The third kappa shape index (κ3) is 3.14. The predicted octanol–water partition coefficient (Wildman–Crippen LogP) is 3.95. The third-order valence-electron chi connectivity index (χ3n) is 2.93. The quantitative estimate of drug-likeness (QED) is 0.864. The molecule has 90 valence electrons. The summed E-state index contributed by atoms with van der Waals surface area (Å²) in [6.45, 7) is 4.40. The predicted molar refractivity (Wildman–Crippen MR) is 73.1 cm³/mol. The van der Waals surface area contributed by atoms with Crippen molar-refractivity contribution in [3.05, 3.63) is 52.5 Å². The lowest BCUT2D eigenvalue weighted by Gasteiger charge is -2.21. The Morgan fingerprint density at radius 1 is 1.35 bits per heavy atom. The second kappa shape index (κ2) is 5.94. The van der Waals surface area contributed by atoms with Crippen molar-refractivity contribution in [3.63, 3.8) is 0 Å². The van der Waals surface area contributed by atoms with Crippen LogP contribution in [0.2, 0.25) is 0 Å². The number of pyridine rings is 1. The molecular formula is C14H18N2S. The van der Waals surface area contributed by atoms with E-state index in [-0.39, 0.29) is 0 Å². The normalized spacial score (nSPS) is 14.5. The van der Waals surface area contributed by atoms with Crippen LogP contribution in [0.15, 0.2) is 42.0 Å². The van der Waals surface area contributed by atoms with Crippen LogP contribution in [-0.2, 0) is 0 Å². The summed E-state index contributed by atoms with van der Waals surface area (Å²) in [5.41, 5.74) is 1.24. The van der Waals surface area contributed by atoms with Crippen molar-refractivity contribution in [2.75, 3.05) is 0 Å². The largest absolute Gasteiger partial charge is 0.303 e. The van der Waals surface area contributed by atoms with Gasteiger partial charge in [-0.05, 0) is 36.4 Å². The number of aromatic nitrogens is 1. The Morgan fingerprint density at radius 2 is 2.24 bits per heavy atom. The van der Waals surface area contributed by atoms with Crippen molar-refractivity contribution in [3.8, 4) is 0 Å². The fourth-order valence-corrected chi connectivity index (χ4v) is 2.79. The highest BCUT2D eigenvalue weighted by Crippen LogP contribution is 2.25. The molecule has 1 unspecified atom stereocenters. The minimum Gasteiger partial charge on any atom is -0.303 e. The SMILES string of the molecule is CCC(N[C@@H](C)c1cccnc1)c1cccs1. The standard InChI is InChI=1S/C14H18N2S/c1-3-13(14-7-5-9-17-14)16-11(2)12-6-4-8-15-10-12/h4-11,13,16H,3H2,1-2H3/t11-,13?/m0/s1. The van der Waals surface area contributed by atoms with Crippen LogP contribution in [0.4, 0.5) is 0 Å². The molecular weight excluding hydrogens is 228 g/mol. The average Bonchev–Trinajstić information content (AvgIpc) is 2.90. The highest BCUT2D eigenvalue weighted by Gasteiger charge is 2.14. The van der Waals surface area contributed by atoms with E-state index in [0.29, 0.717) is 12.1 Å². The summed E-state index contributed by atoms with van der Waals surface area (Å²) in [6.07, 6.45) is 4.84. The van der Waals surface area contributed by atoms with Gasteiger partial charge in [0, 0.05) is 29.4 Å². The molecule has 0 fully saturated rings. The number of rotatable bonds is 5. The molecule has 2 atom stereocenters. The van der Waals surface area contributed by atoms with Crippen LogP contribution < -0.4 is 5.32 Å². The molecule has 2 aromatic heterocycles. The van der Waals surface area contributed by atoms with Gasteiger partial charge in [-0.1, -0.05) is 19.1 Å². The summed E-state index contributed by atoms with van der Waals surface area (Å²) in [6, 6.07) is 9.17. The second-order valence-electron chi connectivity index (χ2n) is 4.15. The minimum absolute atomic E-state index is 0.329. The highest BCUT2D eigenvalue weighted by molar-refractivity contribution is 7.10. The first-order chi connectivity index (χ1) is 8.31. The van der Waals surface area contributed by atoms with Gasteiger partial charge in [0.1, 0.15) is 0 Å². The summed E-state index contributed by atoms with van der Waals surface area (Å²) in [5.74, 6) is 0. The van der Waals surface area contributed by atoms with Gasteiger partial charge in [-0.25, -0.2) is 0 Å². The Hall–Kier alpha value is -1.19. The first-order valence-electron chi connectivity index (χ1n) is 6.00. The lowest BCUT2D eigenvalue weighted by atomic mass is 10.1. The zero-order chi connectivity index (χ0) is 12.1. The summed E-state index contributed by atoms with van der Waals surface area (Å²) >= 11 is 1.81. The fourth-order valence-electron chi connectivity index (χ4n) is 1.92. The Kier molecular flexibility index (Phi) is 4.29. The Balaban J connectivity index is 2.05. The van der Waals surface area contributed by atoms with Crippen molar-refractivity contribution in [1.82, 2.24) is 10.3 Å². The van der Waals surface area contributed by atoms with Gasteiger partial charge in [0.25, 0.3) is 0 Å². The topological polar surface area (TPSA) is 24.9 Å². The van der Waals surface area contributed by atoms with E-state index < -0.39 is 0 Å². The number of nitrogens with one attached hydrogen (secondary N) is 1. The van der Waals surface area contributed by atoms with E-state index in [1.54, 1.807) is 0 Å². The molecule has 0 saturated carbocycles. The molecule has 0 amide bonds. The number of hydrogen-bond acceptors (Lipinski definition) is 3. The van der Waals surface area contributed by atoms with E-state index in [2.05, 4.69) is 47.7 Å². The summed E-state index contributed by atoms with van der Waals surface area (Å²) in [7, 11) is 0. The maximum absolute atomic E-state index is 4.16. The summed E-state index contributed by atoms with van der Waals surface area (Å²) < 4.78 is 0. The van der Waals surface area contributed by atoms with Gasteiger partial charge in [0.2, 0.25) is 0 Å². The lowest BCUT2D eigenvalue weighted by molar-refractivity contribution is 0.461. The van der Waals surface area contributed by atoms with Crippen LogP contribution in [0.3, 0.4) is 0 Å². The molecule has 17 heavy (non-hydrogen) atoms. The van der Waals surface area contributed by atoms with Crippen LogP contribution in [0.1, 0.15) is 42.8 Å². The van der Waals surface area contributed by atoms with Gasteiger partial charge < -0.3 is 5.32 Å². The number of hydrogen-bond donors (Lipinski definition) is 1. The van der Waals surface area contributed by atoms with Crippen LogP contribution in [-0.4, -0.2) is 4.98 Å². The number of nitrogens with zero attached hydrogens (tertiary/aromatic N) is 1. The highest BCUT2D eigenvalue weighted by atomic mass is 32.1. The molecule has 0 radical (unpaired) electrons. The molecule has 2 rings (SSSR count). The fraction of sp³-hybridized carbons (Fsp3) is 0.357. The van der Waals surface area contributed by atoms with E-state index in [9.17, 15) is 0 Å². The molecule has 0 aliphatic rings. The molecule has 0 aromatic carbocycles. The van der Waals surface area contributed by atoms with Crippen molar-refractivity contribution < 1.29 is 0 Å². The molecule has 0 saturated heterocycles. The van der Waals surface area contributed by atoms with Gasteiger partial charge in [-0.15, -0.1) is 11.3 Å². The monoisotopic (exact) mass is 246 g/mol. The van der Waals surface area contributed by atoms with Gasteiger partial charge in [-0.2, -0.15) is 0 Å². The van der Waals surface area contributed by atoms with Crippen molar-refractivity contribution in [2.45, 2.75) is 32.4 Å². The molecule has 3 heteroatoms. The minimum atomic E-state index is 0.329. The summed E-state index contributed by atoms with van der Waals surface area (Å²) in [5, 5.41) is 5.79. The lowest BCUT2D eigenvalue weighted by Crippen LogP contribution is -2.23. The van der Waals surface area contributed by atoms with Crippen molar-refractivity contribution >= 4 is 11.3 Å². The van der Waals surface area contributed by atoms with E-state index in [4.69, 9.17) is 0 Å². The zero-order valence-electron chi connectivity index (χ0n) is 10.3. The van der Waals surface area contributed by atoms with E-state index >= 15 is 0 Å². The molecule has 0 bridgehead atoms. The van der Waals surface area contributed by atoms with Crippen molar-refractivity contribution in [2.24, 2.45) is 0 Å². The smallest absolute Gasteiger partial charge is 0.0416 e. The first kappa shape index (κ1) is 12.3. The van der Waals surface area contributed by atoms with Gasteiger partial charge in [0.05, 0.1) is 0 Å². The molecule has 1 N–H and O–H groups in total. The van der Waals surface area contributed by atoms with E-state index in [0.717, 1.165) is 6.42 Å². The van der Waals surface area contributed by atoms with Crippen LogP contribution >= 0.6 is 11.3 Å². The molecule has 0 aliphatic carbocycles. The molecule has 2 nitrogen and oxygen atoms in total. The molecule has 2 aromatic rings. The molecule has 0 aliphatic heterocycles. The number of thiophene rings is 1. The van der Waals surface area contributed by atoms with Gasteiger partial charge in [-0.3, -0.25) is 4.98 Å². The van der Waals surface area contributed by atoms with Crippen molar-refractivity contribution in [1.29, 1.82) is 0 Å². The summed E-state index contributed by atoms with van der Waals surface area (Å²) in [4.78, 5) is 5.57. The van der Waals surface area contributed by atoms with Crippen LogP contribution in [0.25, 0.3) is 0 Å². The second-order valence-corrected chi connectivity index (χ2v) is 5.13. The van der Waals surface area contributed by atoms with E-state index in [1.165, 1.54) is 10.4 Å². The van der Waals surface area contributed by atoms with Gasteiger partial charge in [0.15, 0.2) is 0 Å². The zero-order valence-corrected chi connectivity index (χ0v) is 11.1. The van der Waals surface area contributed by atoms with E-state index in [1.807, 2.05) is 29.8 Å². The van der Waals surface area contributed by atoms with Gasteiger partial charge >= 0.3 is 0 Å². The Labute approximate surface area is 107 Å². The average molecular weight is 246 g/mol. The maximum Gasteiger partial charge on any atom is 0.0416 e. The molecule has 0 spiro atoms. The maximum atomic E-state index is 4.16. The van der Waals surface area contributed by atoms with Crippen LogP contribution in [0.5, 0.6) is 0 Å². The Bertz CT molecular complexity index is 425.